The van der Waals surface area contributed by atoms with Crippen LogP contribution in [0.3, 0.4) is 0 Å². The number of anilines is 1. The predicted molar refractivity (Wildman–Crippen MR) is 78.2 cm³/mol. The summed E-state index contributed by atoms with van der Waals surface area (Å²) in [5, 5.41) is 16.0. The van der Waals surface area contributed by atoms with Crippen molar-refractivity contribution in [1.82, 2.24) is 9.78 Å². The molecule has 0 unspecified atom stereocenters. The lowest BCUT2D eigenvalue weighted by atomic mass is 10.2. The standard InChI is InChI=1S/C14H13ClN4O2/c1-9-5-11(3-4-12(9)15)21-8-13(20)18-14-10(6-16)7-17-19(14)2/h3-5,7H,8H2,1-2H3,(H,18,20). The van der Waals surface area contributed by atoms with Crippen LogP contribution in [0, 0.1) is 18.3 Å². The van der Waals surface area contributed by atoms with Gasteiger partial charge in [-0.3, -0.25) is 9.48 Å². The van der Waals surface area contributed by atoms with E-state index in [4.69, 9.17) is 21.6 Å². The van der Waals surface area contributed by atoms with Crippen LogP contribution in [0.25, 0.3) is 0 Å². The molecule has 1 aromatic heterocycles. The highest BCUT2D eigenvalue weighted by Crippen LogP contribution is 2.21. The first kappa shape index (κ1) is 14.9. The third-order valence-corrected chi connectivity index (χ3v) is 3.24. The molecule has 0 spiro atoms. The Hall–Kier alpha value is -2.52. The minimum Gasteiger partial charge on any atom is -0.484 e. The molecule has 1 aromatic carbocycles. The molecule has 1 amide bonds. The summed E-state index contributed by atoms with van der Waals surface area (Å²) in [4.78, 5) is 11.8. The first-order valence-corrected chi connectivity index (χ1v) is 6.50. The van der Waals surface area contributed by atoms with E-state index in [1.54, 1.807) is 25.2 Å². The van der Waals surface area contributed by atoms with Crippen molar-refractivity contribution in [2.75, 3.05) is 11.9 Å². The Labute approximate surface area is 126 Å². The van der Waals surface area contributed by atoms with Crippen molar-refractivity contribution < 1.29 is 9.53 Å². The summed E-state index contributed by atoms with van der Waals surface area (Å²) in [5.41, 5.74) is 1.17. The zero-order valence-corrected chi connectivity index (χ0v) is 12.3. The number of hydrogen-bond donors (Lipinski definition) is 1. The molecule has 0 radical (unpaired) electrons. The van der Waals surface area contributed by atoms with Gasteiger partial charge in [0.15, 0.2) is 6.61 Å². The second-order valence-electron chi connectivity index (χ2n) is 4.39. The lowest BCUT2D eigenvalue weighted by Gasteiger charge is -2.09. The molecule has 108 valence electrons. The molecule has 0 saturated carbocycles. The van der Waals surface area contributed by atoms with E-state index in [2.05, 4.69) is 10.4 Å². The van der Waals surface area contributed by atoms with E-state index >= 15 is 0 Å². The van der Waals surface area contributed by atoms with Crippen LogP contribution in [0.1, 0.15) is 11.1 Å². The van der Waals surface area contributed by atoms with Crippen LogP contribution >= 0.6 is 11.6 Å². The Bertz CT molecular complexity index is 718. The number of benzene rings is 1. The van der Waals surface area contributed by atoms with Crippen LogP contribution in [-0.2, 0) is 11.8 Å². The van der Waals surface area contributed by atoms with E-state index in [0.717, 1.165) is 5.56 Å². The summed E-state index contributed by atoms with van der Waals surface area (Å²) in [6, 6.07) is 7.10. The third kappa shape index (κ3) is 3.52. The molecule has 2 aromatic rings. The van der Waals surface area contributed by atoms with Crippen molar-refractivity contribution >= 4 is 23.3 Å². The first-order valence-electron chi connectivity index (χ1n) is 6.12. The lowest BCUT2D eigenvalue weighted by Crippen LogP contribution is -2.22. The summed E-state index contributed by atoms with van der Waals surface area (Å²) < 4.78 is 6.80. The molecule has 7 heteroatoms. The van der Waals surface area contributed by atoms with Gasteiger partial charge in [-0.1, -0.05) is 11.6 Å². The van der Waals surface area contributed by atoms with E-state index in [0.29, 0.717) is 22.2 Å². The minimum absolute atomic E-state index is 0.170. The van der Waals surface area contributed by atoms with Crippen LogP contribution < -0.4 is 10.1 Å². The average molecular weight is 305 g/mol. The number of carbonyl (C=O) groups is 1. The second kappa shape index (κ2) is 6.29. The molecule has 0 saturated heterocycles. The highest BCUT2D eigenvalue weighted by atomic mass is 35.5. The van der Waals surface area contributed by atoms with E-state index in [-0.39, 0.29) is 12.5 Å². The lowest BCUT2D eigenvalue weighted by molar-refractivity contribution is -0.118. The second-order valence-corrected chi connectivity index (χ2v) is 4.80. The number of aromatic nitrogens is 2. The fourth-order valence-corrected chi connectivity index (χ4v) is 1.81. The summed E-state index contributed by atoms with van der Waals surface area (Å²) in [7, 11) is 1.64. The van der Waals surface area contributed by atoms with Crippen molar-refractivity contribution in [3.63, 3.8) is 0 Å². The number of halogens is 1. The number of ether oxygens (including phenoxy) is 1. The molecular formula is C14H13ClN4O2. The summed E-state index contributed by atoms with van der Waals surface area (Å²) in [6.45, 7) is 1.68. The molecule has 0 aliphatic heterocycles. The number of nitrogens with one attached hydrogen (secondary N) is 1. The zero-order chi connectivity index (χ0) is 15.4. The Morgan fingerprint density at radius 1 is 1.57 bits per heavy atom. The fraction of sp³-hybridized carbons (Fsp3) is 0.214. The van der Waals surface area contributed by atoms with Gasteiger partial charge in [0.05, 0.1) is 6.20 Å². The van der Waals surface area contributed by atoms with Gasteiger partial charge in [-0.05, 0) is 30.7 Å². The molecule has 0 aliphatic rings. The number of aryl methyl sites for hydroxylation is 2. The van der Waals surface area contributed by atoms with E-state index in [1.807, 2.05) is 13.0 Å². The van der Waals surface area contributed by atoms with Gasteiger partial charge < -0.3 is 10.1 Å². The van der Waals surface area contributed by atoms with Crippen LogP contribution in [0.2, 0.25) is 5.02 Å². The topological polar surface area (TPSA) is 79.9 Å². The maximum Gasteiger partial charge on any atom is 0.263 e. The largest absolute Gasteiger partial charge is 0.484 e. The van der Waals surface area contributed by atoms with Gasteiger partial charge in [-0.25, -0.2) is 0 Å². The smallest absolute Gasteiger partial charge is 0.263 e. The molecule has 0 bridgehead atoms. The normalized spacial score (nSPS) is 10.0. The van der Waals surface area contributed by atoms with Gasteiger partial charge in [0.1, 0.15) is 23.2 Å². The number of amides is 1. The highest BCUT2D eigenvalue weighted by Gasteiger charge is 2.12. The van der Waals surface area contributed by atoms with Crippen molar-refractivity contribution in [2.45, 2.75) is 6.92 Å². The summed E-state index contributed by atoms with van der Waals surface area (Å²) in [5.74, 6) is 0.527. The predicted octanol–water partition coefficient (Wildman–Crippen LogP) is 2.27. The Kier molecular flexibility index (Phi) is 4.45. The molecule has 6 nitrogen and oxygen atoms in total. The van der Waals surface area contributed by atoms with E-state index in [9.17, 15) is 4.79 Å². The fourth-order valence-electron chi connectivity index (χ4n) is 1.69. The van der Waals surface area contributed by atoms with E-state index < -0.39 is 0 Å². The number of hydrogen-bond acceptors (Lipinski definition) is 4. The highest BCUT2D eigenvalue weighted by molar-refractivity contribution is 6.31. The monoisotopic (exact) mass is 304 g/mol. The maximum absolute atomic E-state index is 11.8. The Morgan fingerprint density at radius 2 is 2.33 bits per heavy atom. The minimum atomic E-state index is -0.372. The molecule has 1 heterocycles. The molecule has 2 rings (SSSR count). The van der Waals surface area contributed by atoms with Crippen molar-refractivity contribution in [3.8, 4) is 11.8 Å². The molecular weight excluding hydrogens is 292 g/mol. The number of rotatable bonds is 4. The SMILES string of the molecule is Cc1cc(OCC(=O)Nc2c(C#N)cnn2C)ccc1Cl. The zero-order valence-electron chi connectivity index (χ0n) is 11.6. The molecule has 21 heavy (non-hydrogen) atoms. The summed E-state index contributed by atoms with van der Waals surface area (Å²) >= 11 is 5.91. The van der Waals surface area contributed by atoms with Crippen molar-refractivity contribution in [2.24, 2.45) is 7.05 Å². The molecule has 1 N–H and O–H groups in total. The van der Waals surface area contributed by atoms with Gasteiger partial charge in [-0.2, -0.15) is 10.4 Å². The number of nitrogens with zero attached hydrogens (tertiary/aromatic N) is 3. The number of nitriles is 1. The molecule has 0 aliphatic carbocycles. The van der Waals surface area contributed by atoms with Crippen LogP contribution in [0.5, 0.6) is 5.75 Å². The van der Waals surface area contributed by atoms with Gasteiger partial charge in [0.2, 0.25) is 0 Å². The Balaban J connectivity index is 1.98. The van der Waals surface area contributed by atoms with Gasteiger partial charge in [-0.15, -0.1) is 0 Å². The quantitative estimate of drug-likeness (QED) is 0.939. The third-order valence-electron chi connectivity index (χ3n) is 2.82. The van der Waals surface area contributed by atoms with Crippen LogP contribution in [0.15, 0.2) is 24.4 Å². The van der Waals surface area contributed by atoms with Crippen molar-refractivity contribution in [1.29, 1.82) is 5.26 Å². The van der Waals surface area contributed by atoms with Crippen LogP contribution in [-0.4, -0.2) is 22.3 Å². The molecule has 0 fully saturated rings. The van der Waals surface area contributed by atoms with Crippen molar-refractivity contribution in [3.05, 3.63) is 40.5 Å². The summed E-state index contributed by atoms with van der Waals surface area (Å²) in [6.07, 6.45) is 1.39. The Morgan fingerprint density at radius 3 is 3.00 bits per heavy atom. The first-order chi connectivity index (χ1) is 10.0. The van der Waals surface area contributed by atoms with Gasteiger partial charge in [0.25, 0.3) is 5.91 Å². The number of carbonyl (C=O) groups excluding carboxylic acids is 1. The molecule has 0 atom stereocenters. The van der Waals surface area contributed by atoms with Gasteiger partial charge >= 0.3 is 0 Å². The van der Waals surface area contributed by atoms with Crippen LogP contribution in [0.4, 0.5) is 5.82 Å². The average Bonchev–Trinajstić information content (AvgIpc) is 2.81. The maximum atomic E-state index is 11.8. The van der Waals surface area contributed by atoms with Gasteiger partial charge in [0, 0.05) is 12.1 Å². The van der Waals surface area contributed by atoms with E-state index in [1.165, 1.54) is 10.9 Å².